The van der Waals surface area contributed by atoms with Crippen molar-refractivity contribution in [1.82, 2.24) is 4.90 Å². The molecule has 0 radical (unpaired) electrons. The lowest BCUT2D eigenvalue weighted by atomic mass is 10.1. The van der Waals surface area contributed by atoms with Crippen LogP contribution in [-0.4, -0.2) is 37.6 Å². The number of rotatable bonds is 12. The number of carbonyl (C=O) groups is 3. The zero-order chi connectivity index (χ0) is 28.0. The Morgan fingerprint density at radius 2 is 1.44 bits per heavy atom. The van der Waals surface area contributed by atoms with Gasteiger partial charge in [0.25, 0.3) is 21.8 Å². The molecule has 0 spiro atoms. The van der Waals surface area contributed by atoms with Crippen LogP contribution in [0.4, 0.5) is 5.69 Å². The summed E-state index contributed by atoms with van der Waals surface area (Å²) in [6.07, 6.45) is 4.40. The predicted molar refractivity (Wildman–Crippen MR) is 151 cm³/mol. The van der Waals surface area contributed by atoms with E-state index in [4.69, 9.17) is 11.6 Å². The van der Waals surface area contributed by atoms with Crippen LogP contribution in [0.3, 0.4) is 0 Å². The molecule has 9 heteroatoms. The maximum absolute atomic E-state index is 13.6. The normalized spacial score (nSPS) is 13.0. The zero-order valence-corrected chi connectivity index (χ0v) is 23.4. The highest BCUT2D eigenvalue weighted by Gasteiger charge is 2.34. The van der Waals surface area contributed by atoms with Crippen molar-refractivity contribution in [3.8, 4) is 0 Å². The summed E-state index contributed by atoms with van der Waals surface area (Å²) in [5.74, 6) is -1.17. The largest absolute Gasteiger partial charge is 0.274 e. The second-order valence-electron chi connectivity index (χ2n) is 9.51. The van der Waals surface area contributed by atoms with E-state index in [1.807, 2.05) is 12.1 Å². The molecule has 0 saturated carbocycles. The van der Waals surface area contributed by atoms with E-state index in [1.54, 1.807) is 36.4 Å². The molecule has 3 aromatic carbocycles. The summed E-state index contributed by atoms with van der Waals surface area (Å²) in [5, 5.41) is 0.394. The highest BCUT2D eigenvalue weighted by molar-refractivity contribution is 7.93. The fourth-order valence-electron chi connectivity index (χ4n) is 4.57. The van der Waals surface area contributed by atoms with Crippen LogP contribution in [0.2, 0.25) is 5.02 Å². The Labute approximate surface area is 234 Å². The first-order chi connectivity index (χ1) is 18.7. The number of anilines is 1. The summed E-state index contributed by atoms with van der Waals surface area (Å²) in [7, 11) is -4.17. The van der Waals surface area contributed by atoms with Crippen LogP contribution >= 0.6 is 11.6 Å². The number of sulfonamides is 1. The maximum atomic E-state index is 13.6. The number of imide groups is 1. The van der Waals surface area contributed by atoms with Gasteiger partial charge in [-0.3, -0.25) is 19.3 Å². The summed E-state index contributed by atoms with van der Waals surface area (Å²) < 4.78 is 28.0. The quantitative estimate of drug-likeness (QED) is 0.190. The van der Waals surface area contributed by atoms with E-state index in [1.165, 1.54) is 29.2 Å². The Bertz CT molecular complexity index is 1420. The van der Waals surface area contributed by atoms with Crippen molar-refractivity contribution in [3.63, 3.8) is 0 Å². The number of hydrogen-bond donors (Lipinski definition) is 0. The monoisotopic (exact) mass is 566 g/mol. The molecule has 7 nitrogen and oxygen atoms in total. The van der Waals surface area contributed by atoms with Gasteiger partial charge in [0.1, 0.15) is 0 Å². The minimum Gasteiger partial charge on any atom is -0.274 e. The van der Waals surface area contributed by atoms with Gasteiger partial charge in [-0.05, 0) is 79.8 Å². The topological polar surface area (TPSA) is 91.8 Å². The van der Waals surface area contributed by atoms with E-state index in [0.717, 1.165) is 29.1 Å². The van der Waals surface area contributed by atoms with Crippen LogP contribution in [0.5, 0.6) is 0 Å². The van der Waals surface area contributed by atoms with E-state index >= 15 is 0 Å². The van der Waals surface area contributed by atoms with Crippen molar-refractivity contribution in [3.05, 3.63) is 94.5 Å². The molecule has 0 fully saturated rings. The Hall–Kier alpha value is -3.49. The molecule has 0 aliphatic carbocycles. The summed E-state index contributed by atoms with van der Waals surface area (Å²) in [4.78, 5) is 39.6. The summed E-state index contributed by atoms with van der Waals surface area (Å²) in [5.41, 5.74) is 2.16. The Morgan fingerprint density at radius 3 is 2.03 bits per heavy atom. The van der Waals surface area contributed by atoms with Crippen molar-refractivity contribution < 1.29 is 22.8 Å². The van der Waals surface area contributed by atoms with Gasteiger partial charge in [-0.1, -0.05) is 55.6 Å². The molecular weight excluding hydrogens is 536 g/mol. The Balaban J connectivity index is 1.42. The minimum absolute atomic E-state index is 0.00742. The van der Waals surface area contributed by atoms with Gasteiger partial charge in [0.15, 0.2) is 0 Å². The molecule has 3 aromatic rings. The van der Waals surface area contributed by atoms with E-state index in [2.05, 4.69) is 6.92 Å². The number of hydrogen-bond acceptors (Lipinski definition) is 5. The van der Waals surface area contributed by atoms with Crippen LogP contribution in [0.15, 0.2) is 77.7 Å². The number of carbonyl (C=O) groups excluding carboxylic acids is 3. The van der Waals surface area contributed by atoms with Crippen molar-refractivity contribution in [2.24, 2.45) is 0 Å². The van der Waals surface area contributed by atoms with Gasteiger partial charge in [0.05, 0.1) is 21.7 Å². The summed E-state index contributed by atoms with van der Waals surface area (Å²) in [6, 6.07) is 19.5. The molecule has 0 atom stereocenters. The molecule has 0 bridgehead atoms. The van der Waals surface area contributed by atoms with Crippen LogP contribution in [-0.2, 0) is 21.2 Å². The summed E-state index contributed by atoms with van der Waals surface area (Å²) in [6.45, 7) is 2.35. The Kier molecular flexibility index (Phi) is 9.20. The highest BCUT2D eigenvalue weighted by Crippen LogP contribution is 2.27. The third-order valence-corrected chi connectivity index (χ3v) is 8.73. The van der Waals surface area contributed by atoms with E-state index < -0.39 is 15.9 Å². The smallest absolute Gasteiger partial charge is 0.270 e. The molecule has 1 heterocycles. The number of unbranched alkanes of at least 4 members (excludes halogenated alkanes) is 3. The second kappa shape index (κ2) is 12.6. The van der Waals surface area contributed by atoms with Gasteiger partial charge in [-0.25, -0.2) is 12.7 Å². The van der Waals surface area contributed by atoms with Gasteiger partial charge >= 0.3 is 0 Å². The standard InChI is InChI=1S/C30H31ClN2O5S/c1-2-3-9-22-13-17-24(18-14-22)33(39(37,38)25-19-15-23(31)16-20-25)28(34)12-5-4-8-21-32-29(35)26-10-6-7-11-27(26)30(32)36/h6-7,10-11,13-20H,2-5,8-9,12,21H2,1H3. The first-order valence-corrected chi connectivity index (χ1v) is 14.9. The zero-order valence-electron chi connectivity index (χ0n) is 21.8. The lowest BCUT2D eigenvalue weighted by Gasteiger charge is -2.23. The average Bonchev–Trinajstić information content (AvgIpc) is 3.17. The lowest BCUT2D eigenvalue weighted by molar-refractivity contribution is -0.117. The van der Waals surface area contributed by atoms with E-state index in [9.17, 15) is 22.8 Å². The SMILES string of the molecule is CCCCc1ccc(N(C(=O)CCCCCN2C(=O)c3ccccc3C2=O)S(=O)(=O)c2ccc(Cl)cc2)cc1. The van der Waals surface area contributed by atoms with Crippen molar-refractivity contribution >= 4 is 45.0 Å². The van der Waals surface area contributed by atoms with Crippen molar-refractivity contribution in [2.45, 2.75) is 56.8 Å². The first kappa shape index (κ1) is 28.5. The van der Waals surface area contributed by atoms with Crippen LogP contribution in [0, 0.1) is 0 Å². The fourth-order valence-corrected chi connectivity index (χ4v) is 6.15. The molecule has 1 aliphatic rings. The van der Waals surface area contributed by atoms with Gasteiger partial charge in [-0.2, -0.15) is 0 Å². The minimum atomic E-state index is -4.17. The van der Waals surface area contributed by atoms with Crippen molar-refractivity contribution in [2.75, 3.05) is 10.8 Å². The molecule has 0 unspecified atom stereocenters. The van der Waals surface area contributed by atoms with E-state index in [-0.39, 0.29) is 35.4 Å². The average molecular weight is 567 g/mol. The number of amides is 3. The number of aryl methyl sites for hydroxylation is 1. The maximum Gasteiger partial charge on any atom is 0.270 e. The number of benzene rings is 3. The van der Waals surface area contributed by atoms with Crippen LogP contribution in [0.25, 0.3) is 0 Å². The van der Waals surface area contributed by atoms with Gasteiger partial charge < -0.3 is 0 Å². The molecule has 0 saturated heterocycles. The molecule has 0 aromatic heterocycles. The van der Waals surface area contributed by atoms with Gasteiger partial charge in [-0.15, -0.1) is 0 Å². The molecule has 204 valence electrons. The second-order valence-corrected chi connectivity index (χ2v) is 11.7. The third-order valence-electron chi connectivity index (χ3n) is 6.72. The number of nitrogens with zero attached hydrogens (tertiary/aromatic N) is 2. The Morgan fingerprint density at radius 1 is 0.821 bits per heavy atom. The van der Waals surface area contributed by atoms with E-state index in [0.29, 0.717) is 35.4 Å². The molecule has 1 aliphatic heterocycles. The first-order valence-electron chi connectivity index (χ1n) is 13.1. The number of halogens is 1. The lowest BCUT2D eigenvalue weighted by Crippen LogP contribution is -2.37. The van der Waals surface area contributed by atoms with Gasteiger partial charge in [0, 0.05) is 18.0 Å². The molecular formula is C30H31ClN2O5S. The number of fused-ring (bicyclic) bond motifs is 1. The third kappa shape index (κ3) is 6.40. The fraction of sp³-hybridized carbons (Fsp3) is 0.300. The van der Waals surface area contributed by atoms with Crippen LogP contribution in [0.1, 0.15) is 71.7 Å². The van der Waals surface area contributed by atoms with Crippen LogP contribution < -0.4 is 4.31 Å². The predicted octanol–water partition coefficient (Wildman–Crippen LogP) is 6.26. The highest BCUT2D eigenvalue weighted by atomic mass is 35.5. The molecule has 4 rings (SSSR count). The molecule has 39 heavy (non-hydrogen) atoms. The summed E-state index contributed by atoms with van der Waals surface area (Å²) >= 11 is 5.95. The molecule has 3 amide bonds. The van der Waals surface area contributed by atoms with Crippen molar-refractivity contribution in [1.29, 1.82) is 0 Å². The molecule has 0 N–H and O–H groups in total. The van der Waals surface area contributed by atoms with Gasteiger partial charge in [0.2, 0.25) is 5.91 Å².